The van der Waals surface area contributed by atoms with Crippen molar-refractivity contribution >= 4 is 11.0 Å². The maximum absolute atomic E-state index is 14.3. The number of phenolic OH excluding ortho intramolecular Hbond substituents is 2. The molecule has 12 nitrogen and oxygen atoms in total. The average molecular weight is 715 g/mol. The van der Waals surface area contributed by atoms with Gasteiger partial charge in [0.2, 0.25) is 11.7 Å². The first-order chi connectivity index (χ1) is 24.0. The van der Waals surface area contributed by atoms with Crippen LogP contribution >= 0.6 is 0 Å². The maximum atomic E-state index is 14.3. The molecule has 1 saturated heterocycles. The highest BCUT2D eigenvalue weighted by Gasteiger charge is 2.44. The number of aliphatic hydroxyl groups is 4. The number of aromatic hydroxyl groups is 2. The minimum Gasteiger partial charge on any atom is -0.507 e. The van der Waals surface area contributed by atoms with Gasteiger partial charge < -0.3 is 44.5 Å². The third kappa shape index (κ3) is 9.81. The topological polar surface area (TPSA) is 177 Å². The number of fused-ring (bicyclic) bond motifs is 1. The minimum atomic E-state index is -1.59. The Morgan fingerprint density at radius 1 is 0.725 bits per heavy atom. The molecule has 0 spiro atoms. The molecular weight excluding hydrogens is 656 g/mol. The molecule has 284 valence electrons. The van der Waals surface area contributed by atoms with Crippen LogP contribution in [0.3, 0.4) is 0 Å². The second-order valence-corrected chi connectivity index (χ2v) is 15.6. The van der Waals surface area contributed by atoms with Crippen LogP contribution in [0.15, 0.2) is 39.7 Å². The van der Waals surface area contributed by atoms with Crippen LogP contribution in [-0.2, 0) is 17.8 Å². The first-order valence-electron chi connectivity index (χ1n) is 18.1. The maximum Gasteiger partial charge on any atom is 0.229 e. The third-order valence-electron chi connectivity index (χ3n) is 8.88. The molecule has 12 heteroatoms. The highest BCUT2D eigenvalue weighted by molar-refractivity contribution is 5.92. The van der Waals surface area contributed by atoms with Crippen molar-refractivity contribution < 1.29 is 44.5 Å². The van der Waals surface area contributed by atoms with Crippen LogP contribution in [0, 0.1) is 23.7 Å². The van der Waals surface area contributed by atoms with E-state index in [1.165, 1.54) is 6.26 Å². The number of hydrogen-bond donors (Lipinski definition) is 6. The zero-order chi connectivity index (χ0) is 37.7. The van der Waals surface area contributed by atoms with Gasteiger partial charge in [-0.15, -0.1) is 0 Å². The van der Waals surface area contributed by atoms with Gasteiger partial charge >= 0.3 is 0 Å². The summed E-state index contributed by atoms with van der Waals surface area (Å²) >= 11 is 0. The summed E-state index contributed by atoms with van der Waals surface area (Å²) in [6.45, 7) is 20.0. The molecule has 1 aliphatic heterocycles. The highest BCUT2D eigenvalue weighted by Crippen LogP contribution is 2.41. The van der Waals surface area contributed by atoms with E-state index in [0.29, 0.717) is 46.9 Å². The Morgan fingerprint density at radius 3 is 1.73 bits per heavy atom. The molecule has 1 fully saturated rings. The fraction of sp³-hybridized carbons (Fsp3) is 0.615. The van der Waals surface area contributed by atoms with Gasteiger partial charge in [-0.3, -0.25) is 14.6 Å². The summed E-state index contributed by atoms with van der Waals surface area (Å²) in [5.41, 5.74) is 1.08. The molecule has 51 heavy (non-hydrogen) atoms. The summed E-state index contributed by atoms with van der Waals surface area (Å²) in [7, 11) is 0. The molecule has 5 atom stereocenters. The Labute approximate surface area is 300 Å². The molecule has 4 rings (SSSR count). The van der Waals surface area contributed by atoms with E-state index in [2.05, 4.69) is 65.2 Å². The number of nitrogens with zero attached hydrogens (tertiary/aromatic N) is 2. The smallest absolute Gasteiger partial charge is 0.229 e. The van der Waals surface area contributed by atoms with Crippen molar-refractivity contribution in [2.45, 2.75) is 99.2 Å². The standard InChI is InChI=1S/C39H58N2O10/c1-21(2)13-40(14-22(3)4)17-27-32(43)28(18-41(15-23(5)6)16-24(7)8)38-31(33(27)44)34(45)29(20-49-38)25-9-11-26(12-10-25)50-39-37(48)36(47)35(46)30(19-42)51-39/h9-12,20-24,30,35-37,39,42-44,46-48H,13-19H2,1-8H3/t30-,35-,36+,37-,39-/m0/s1. The summed E-state index contributed by atoms with van der Waals surface area (Å²) < 4.78 is 17.3. The lowest BCUT2D eigenvalue weighted by Crippen LogP contribution is -2.60. The highest BCUT2D eigenvalue weighted by atomic mass is 16.7. The fourth-order valence-electron chi connectivity index (χ4n) is 6.89. The van der Waals surface area contributed by atoms with Crippen LogP contribution in [0.25, 0.3) is 22.1 Å². The van der Waals surface area contributed by atoms with Crippen molar-refractivity contribution in [2.75, 3.05) is 32.8 Å². The fourth-order valence-corrected chi connectivity index (χ4v) is 6.89. The molecule has 2 aromatic carbocycles. The van der Waals surface area contributed by atoms with Gasteiger partial charge in [-0.05, 0) is 41.4 Å². The van der Waals surface area contributed by atoms with E-state index in [1.54, 1.807) is 24.3 Å². The number of ether oxygens (including phenoxy) is 2. The second kappa shape index (κ2) is 17.5. The lowest BCUT2D eigenvalue weighted by molar-refractivity contribution is -0.277. The van der Waals surface area contributed by atoms with Gasteiger partial charge in [-0.2, -0.15) is 0 Å². The normalized spacial score (nSPS) is 21.3. The first-order valence-corrected chi connectivity index (χ1v) is 18.1. The summed E-state index contributed by atoms with van der Waals surface area (Å²) in [5, 5.41) is 63.7. The predicted molar refractivity (Wildman–Crippen MR) is 196 cm³/mol. The Hall–Kier alpha value is -3.23. The molecule has 0 saturated carbocycles. The molecule has 1 aliphatic rings. The van der Waals surface area contributed by atoms with Crippen LogP contribution < -0.4 is 10.2 Å². The van der Waals surface area contributed by atoms with Crippen molar-refractivity contribution in [3.63, 3.8) is 0 Å². The number of aliphatic hydroxyl groups excluding tert-OH is 4. The SMILES string of the molecule is CC(C)CN(Cc1c(O)c(CN(CC(C)C)CC(C)C)c2occ(-c3ccc(O[C@H]4O[C@@H](CO)[C@H](O)[C@@H](O)[C@@H]4O)cc3)c(=O)c2c1O)CC(C)C. The Morgan fingerprint density at radius 2 is 1.24 bits per heavy atom. The van der Waals surface area contributed by atoms with E-state index < -0.39 is 42.7 Å². The van der Waals surface area contributed by atoms with Crippen LogP contribution in [0.4, 0.5) is 0 Å². The molecule has 0 radical (unpaired) electrons. The van der Waals surface area contributed by atoms with E-state index in [0.717, 1.165) is 26.2 Å². The lowest BCUT2D eigenvalue weighted by atomic mass is 9.97. The first kappa shape index (κ1) is 40.5. The summed E-state index contributed by atoms with van der Waals surface area (Å²) in [4.78, 5) is 18.8. The zero-order valence-electron chi connectivity index (χ0n) is 31.2. The van der Waals surface area contributed by atoms with Gasteiger partial charge in [0.1, 0.15) is 58.9 Å². The molecule has 3 aromatic rings. The summed E-state index contributed by atoms with van der Waals surface area (Å²) in [6, 6.07) is 6.30. The molecule has 0 amide bonds. The largest absolute Gasteiger partial charge is 0.507 e. The second-order valence-electron chi connectivity index (χ2n) is 15.6. The number of phenols is 2. The van der Waals surface area contributed by atoms with E-state index in [-0.39, 0.29) is 40.3 Å². The van der Waals surface area contributed by atoms with E-state index in [9.17, 15) is 35.4 Å². The Kier molecular flexibility index (Phi) is 13.9. The zero-order valence-corrected chi connectivity index (χ0v) is 31.2. The Bertz CT molecular complexity index is 1620. The average Bonchev–Trinajstić information content (AvgIpc) is 3.04. The van der Waals surface area contributed by atoms with Crippen LogP contribution in [0.1, 0.15) is 66.5 Å². The molecular formula is C39H58N2O10. The van der Waals surface area contributed by atoms with Crippen molar-refractivity contribution in [1.29, 1.82) is 0 Å². The van der Waals surface area contributed by atoms with Gasteiger partial charge in [0.15, 0.2) is 0 Å². The van der Waals surface area contributed by atoms with Crippen molar-refractivity contribution in [2.24, 2.45) is 23.7 Å². The molecule has 6 N–H and O–H groups in total. The predicted octanol–water partition coefficient (Wildman–Crippen LogP) is 4.28. The molecule has 0 aliphatic carbocycles. The quantitative estimate of drug-likeness (QED) is 0.124. The van der Waals surface area contributed by atoms with Crippen LogP contribution in [0.5, 0.6) is 17.2 Å². The molecule has 0 bridgehead atoms. The van der Waals surface area contributed by atoms with Gasteiger partial charge in [-0.1, -0.05) is 67.5 Å². The van der Waals surface area contributed by atoms with Gasteiger partial charge in [0.25, 0.3) is 0 Å². The number of rotatable bonds is 16. The van der Waals surface area contributed by atoms with Crippen molar-refractivity contribution in [3.05, 3.63) is 51.9 Å². The lowest BCUT2D eigenvalue weighted by Gasteiger charge is -2.39. The number of benzene rings is 2. The third-order valence-corrected chi connectivity index (χ3v) is 8.88. The molecule has 0 unspecified atom stereocenters. The van der Waals surface area contributed by atoms with Gasteiger partial charge in [0.05, 0.1) is 23.3 Å². The van der Waals surface area contributed by atoms with Crippen molar-refractivity contribution in [1.82, 2.24) is 9.80 Å². The van der Waals surface area contributed by atoms with Crippen LogP contribution in [-0.4, -0.2) is 104 Å². The monoisotopic (exact) mass is 714 g/mol. The van der Waals surface area contributed by atoms with E-state index in [4.69, 9.17) is 13.9 Å². The van der Waals surface area contributed by atoms with E-state index in [1.807, 2.05) is 0 Å². The molecule has 2 heterocycles. The molecule has 1 aromatic heterocycles. The van der Waals surface area contributed by atoms with Gasteiger partial charge in [-0.25, -0.2) is 0 Å². The van der Waals surface area contributed by atoms with Gasteiger partial charge in [0, 0.05) is 39.3 Å². The Balaban J connectivity index is 1.79. The van der Waals surface area contributed by atoms with Crippen LogP contribution in [0.2, 0.25) is 0 Å². The van der Waals surface area contributed by atoms with E-state index >= 15 is 0 Å². The minimum absolute atomic E-state index is 0.0000304. The number of hydrogen-bond acceptors (Lipinski definition) is 12. The summed E-state index contributed by atoms with van der Waals surface area (Å²) in [5.74, 6) is 1.24. The summed E-state index contributed by atoms with van der Waals surface area (Å²) in [6.07, 6.45) is -5.83. The van der Waals surface area contributed by atoms with Crippen molar-refractivity contribution in [3.8, 4) is 28.4 Å².